The van der Waals surface area contributed by atoms with Gasteiger partial charge in [-0.15, -0.1) is 0 Å². The lowest BCUT2D eigenvalue weighted by Crippen LogP contribution is -2.20. The minimum atomic E-state index is -0.820. The average molecular weight is 327 g/mol. The van der Waals surface area contributed by atoms with E-state index in [9.17, 15) is 8.78 Å². The summed E-state index contributed by atoms with van der Waals surface area (Å²) in [6.07, 6.45) is 3.27. The first-order valence-corrected chi connectivity index (χ1v) is 6.56. The lowest BCUT2D eigenvalue weighted by Gasteiger charge is -2.18. The van der Waals surface area contributed by atoms with E-state index in [0.29, 0.717) is 5.56 Å². The zero-order valence-corrected chi connectivity index (χ0v) is 12.1. The van der Waals surface area contributed by atoms with E-state index in [4.69, 9.17) is 0 Å². The summed E-state index contributed by atoms with van der Waals surface area (Å²) >= 11 is 3.32. The quantitative estimate of drug-likeness (QED) is 0.929. The van der Waals surface area contributed by atoms with Gasteiger partial charge in [0.05, 0.1) is 6.04 Å². The summed E-state index contributed by atoms with van der Waals surface area (Å²) in [6.45, 7) is 1.54. The van der Waals surface area contributed by atoms with E-state index in [1.54, 1.807) is 31.6 Å². The molecule has 1 heterocycles. The van der Waals surface area contributed by atoms with Gasteiger partial charge in [0.25, 0.3) is 0 Å². The number of halogens is 3. The second-order valence-electron chi connectivity index (χ2n) is 4.26. The highest BCUT2D eigenvalue weighted by molar-refractivity contribution is 9.10. The topological polar surface area (TPSA) is 24.9 Å². The van der Waals surface area contributed by atoms with Gasteiger partial charge in [-0.1, -0.05) is 12.1 Å². The zero-order valence-electron chi connectivity index (χ0n) is 10.5. The average Bonchev–Trinajstić information content (AvgIpc) is 2.40. The summed E-state index contributed by atoms with van der Waals surface area (Å²) in [5.74, 6) is -1.62. The summed E-state index contributed by atoms with van der Waals surface area (Å²) in [7, 11) is 1.70. The predicted octanol–water partition coefficient (Wildman–Crippen LogP) is 3.74. The molecule has 1 N–H and O–H groups in total. The van der Waals surface area contributed by atoms with Crippen LogP contribution in [-0.2, 0) is 0 Å². The molecule has 1 atom stereocenters. The Balaban J connectivity index is 2.51. The van der Waals surface area contributed by atoms with Crippen LogP contribution >= 0.6 is 15.9 Å². The number of aryl methyl sites for hydroxylation is 1. The van der Waals surface area contributed by atoms with Crippen molar-refractivity contribution in [1.82, 2.24) is 10.3 Å². The number of hydrogen-bond donors (Lipinski definition) is 1. The normalized spacial score (nSPS) is 12.5. The highest BCUT2D eigenvalue weighted by Gasteiger charge is 2.20. The Hall–Kier alpha value is -1.33. The molecule has 0 amide bonds. The van der Waals surface area contributed by atoms with Crippen LogP contribution in [0, 0.1) is 18.6 Å². The molecule has 1 aromatic carbocycles. The van der Waals surface area contributed by atoms with Gasteiger partial charge in [-0.2, -0.15) is 0 Å². The third kappa shape index (κ3) is 2.82. The second kappa shape index (κ2) is 5.75. The molecule has 0 spiro atoms. The molecular formula is C14H13BrF2N2. The third-order valence-electron chi connectivity index (χ3n) is 2.96. The molecule has 5 heteroatoms. The zero-order chi connectivity index (χ0) is 14.0. The highest BCUT2D eigenvalue weighted by atomic mass is 79.9. The van der Waals surface area contributed by atoms with E-state index in [1.165, 1.54) is 6.92 Å². The van der Waals surface area contributed by atoms with Crippen molar-refractivity contribution in [3.05, 3.63) is 63.4 Å². The number of nitrogens with zero attached hydrogens (tertiary/aromatic N) is 1. The van der Waals surface area contributed by atoms with Crippen LogP contribution in [0.4, 0.5) is 8.78 Å². The van der Waals surface area contributed by atoms with Crippen molar-refractivity contribution in [1.29, 1.82) is 0 Å². The first kappa shape index (κ1) is 14.1. The van der Waals surface area contributed by atoms with Gasteiger partial charge in [0, 0.05) is 22.4 Å². The van der Waals surface area contributed by atoms with Crippen molar-refractivity contribution in [3.63, 3.8) is 0 Å². The second-order valence-corrected chi connectivity index (χ2v) is 5.17. The maximum Gasteiger partial charge on any atom is 0.164 e. The van der Waals surface area contributed by atoms with Gasteiger partial charge in [0.1, 0.15) is 0 Å². The molecule has 100 valence electrons. The minimum absolute atomic E-state index is 0.269. The molecule has 0 aliphatic heterocycles. The van der Waals surface area contributed by atoms with Gasteiger partial charge in [-0.3, -0.25) is 4.98 Å². The van der Waals surface area contributed by atoms with Gasteiger partial charge < -0.3 is 5.32 Å². The Labute approximate surface area is 119 Å². The lowest BCUT2D eigenvalue weighted by molar-refractivity contribution is 0.482. The maximum absolute atomic E-state index is 14.0. The smallest absolute Gasteiger partial charge is 0.164 e. The number of pyridine rings is 1. The van der Waals surface area contributed by atoms with E-state index in [-0.39, 0.29) is 5.56 Å². The molecule has 0 aliphatic carbocycles. The Bertz CT molecular complexity index is 602. The minimum Gasteiger partial charge on any atom is -0.309 e. The van der Waals surface area contributed by atoms with E-state index in [0.717, 1.165) is 10.0 Å². The molecular weight excluding hydrogens is 314 g/mol. The Morgan fingerprint density at radius 2 is 1.95 bits per heavy atom. The van der Waals surface area contributed by atoms with Crippen molar-refractivity contribution >= 4 is 15.9 Å². The highest BCUT2D eigenvalue weighted by Crippen LogP contribution is 2.27. The van der Waals surface area contributed by atoms with Gasteiger partial charge >= 0.3 is 0 Å². The summed E-state index contributed by atoms with van der Waals surface area (Å²) in [4.78, 5) is 4.05. The molecule has 0 bridgehead atoms. The van der Waals surface area contributed by atoms with Crippen molar-refractivity contribution in [2.75, 3.05) is 7.05 Å². The summed E-state index contributed by atoms with van der Waals surface area (Å²) < 4.78 is 28.5. The van der Waals surface area contributed by atoms with Crippen LogP contribution in [0.2, 0.25) is 0 Å². The van der Waals surface area contributed by atoms with E-state index in [2.05, 4.69) is 26.2 Å². The molecule has 0 saturated carbocycles. The van der Waals surface area contributed by atoms with Gasteiger partial charge in [0.15, 0.2) is 11.6 Å². The first-order chi connectivity index (χ1) is 9.04. The molecule has 0 aliphatic rings. The number of aromatic nitrogens is 1. The molecule has 1 aromatic heterocycles. The summed E-state index contributed by atoms with van der Waals surface area (Å²) in [5.41, 5.74) is 1.33. The summed E-state index contributed by atoms with van der Waals surface area (Å²) in [6, 6.07) is 4.55. The van der Waals surface area contributed by atoms with Crippen molar-refractivity contribution < 1.29 is 8.78 Å². The molecule has 2 aromatic rings. The van der Waals surface area contributed by atoms with Crippen molar-refractivity contribution in [2.24, 2.45) is 0 Å². The summed E-state index contributed by atoms with van der Waals surface area (Å²) in [5, 5.41) is 2.98. The molecule has 1 unspecified atom stereocenters. The fourth-order valence-corrected chi connectivity index (χ4v) is 2.35. The molecule has 0 fully saturated rings. The molecule has 0 saturated heterocycles. The van der Waals surface area contributed by atoms with Gasteiger partial charge in [0.2, 0.25) is 0 Å². The Morgan fingerprint density at radius 1 is 1.21 bits per heavy atom. The van der Waals surface area contributed by atoms with Crippen molar-refractivity contribution in [3.8, 4) is 0 Å². The largest absolute Gasteiger partial charge is 0.309 e. The lowest BCUT2D eigenvalue weighted by atomic mass is 9.98. The number of rotatable bonds is 3. The fraction of sp³-hybridized carbons (Fsp3) is 0.214. The predicted molar refractivity (Wildman–Crippen MR) is 73.9 cm³/mol. The SMILES string of the molecule is CNC(c1cncc(Br)c1)c1ccc(C)c(F)c1F. The Morgan fingerprint density at radius 3 is 2.58 bits per heavy atom. The molecule has 0 radical (unpaired) electrons. The molecule has 2 rings (SSSR count). The van der Waals surface area contributed by atoms with Crippen LogP contribution in [0.3, 0.4) is 0 Å². The van der Waals surface area contributed by atoms with E-state index in [1.807, 2.05) is 6.07 Å². The molecule has 2 nitrogen and oxygen atoms in total. The van der Waals surface area contributed by atoms with Gasteiger partial charge in [-0.05, 0) is 47.1 Å². The number of hydrogen-bond acceptors (Lipinski definition) is 2. The number of nitrogens with one attached hydrogen (secondary N) is 1. The Kier molecular flexibility index (Phi) is 4.27. The first-order valence-electron chi connectivity index (χ1n) is 5.76. The third-order valence-corrected chi connectivity index (χ3v) is 3.40. The van der Waals surface area contributed by atoms with Crippen LogP contribution in [-0.4, -0.2) is 12.0 Å². The standard InChI is InChI=1S/C14H13BrF2N2/c1-8-3-4-11(13(17)12(8)16)14(18-2)9-5-10(15)7-19-6-9/h3-7,14,18H,1-2H3. The van der Waals surface area contributed by atoms with Crippen LogP contribution in [0.15, 0.2) is 35.1 Å². The van der Waals surface area contributed by atoms with E-state index < -0.39 is 17.7 Å². The van der Waals surface area contributed by atoms with Crippen molar-refractivity contribution in [2.45, 2.75) is 13.0 Å². The van der Waals surface area contributed by atoms with Crippen LogP contribution in [0.25, 0.3) is 0 Å². The number of benzene rings is 1. The van der Waals surface area contributed by atoms with Gasteiger partial charge in [-0.25, -0.2) is 8.78 Å². The van der Waals surface area contributed by atoms with E-state index >= 15 is 0 Å². The fourth-order valence-electron chi connectivity index (χ4n) is 1.97. The monoisotopic (exact) mass is 326 g/mol. The molecule has 19 heavy (non-hydrogen) atoms. The van der Waals surface area contributed by atoms with Crippen LogP contribution in [0.1, 0.15) is 22.7 Å². The van der Waals surface area contributed by atoms with Crippen LogP contribution in [0.5, 0.6) is 0 Å². The maximum atomic E-state index is 14.0. The van der Waals surface area contributed by atoms with Crippen LogP contribution < -0.4 is 5.32 Å².